The Labute approximate surface area is 133 Å². The van der Waals surface area contributed by atoms with Gasteiger partial charge in [0.15, 0.2) is 0 Å². The van der Waals surface area contributed by atoms with Gasteiger partial charge in [0.2, 0.25) is 0 Å². The maximum Gasteiger partial charge on any atom is 0.138 e. The third-order valence-corrected chi connectivity index (χ3v) is 5.71. The van der Waals surface area contributed by atoms with Gasteiger partial charge in [-0.2, -0.15) is 0 Å². The van der Waals surface area contributed by atoms with Gasteiger partial charge >= 0.3 is 0 Å². The molecule has 0 fully saturated rings. The summed E-state index contributed by atoms with van der Waals surface area (Å²) in [5, 5.41) is 0.547. The fourth-order valence-electron chi connectivity index (χ4n) is 3.28. The molecule has 3 heteroatoms. The largest absolute Gasteiger partial charge is 0.338 e. The maximum atomic E-state index is 4.71. The molecule has 0 bridgehead atoms. The molecule has 2 atom stereocenters. The number of hydrogen-bond acceptors (Lipinski definition) is 2. The normalized spacial score (nSPS) is 22.0. The van der Waals surface area contributed by atoms with E-state index in [9.17, 15) is 0 Å². The number of para-hydroxylation sites is 2. The summed E-state index contributed by atoms with van der Waals surface area (Å²) in [4.78, 5) is 9.50. The van der Waals surface area contributed by atoms with Crippen LogP contribution in [0.4, 0.5) is 0 Å². The van der Waals surface area contributed by atoms with E-state index in [1.807, 2.05) is 30.0 Å². The van der Waals surface area contributed by atoms with Crippen molar-refractivity contribution in [1.82, 2.24) is 9.97 Å². The van der Waals surface area contributed by atoms with Crippen molar-refractivity contribution in [1.29, 1.82) is 0 Å². The number of rotatable bonds is 1. The SMILES string of the molecule is C1=CC2Sc3cc(-c4nc5ccccc5[nH]4)ccc3C2C=C1. The summed E-state index contributed by atoms with van der Waals surface area (Å²) in [5.74, 6) is 1.47. The Morgan fingerprint density at radius 1 is 1.00 bits per heavy atom. The topological polar surface area (TPSA) is 28.7 Å². The molecule has 0 spiro atoms. The summed E-state index contributed by atoms with van der Waals surface area (Å²) in [6.07, 6.45) is 8.92. The fraction of sp³-hybridized carbons (Fsp3) is 0.105. The second-order valence-corrected chi connectivity index (χ2v) is 6.95. The van der Waals surface area contributed by atoms with E-state index in [-0.39, 0.29) is 0 Å². The zero-order valence-corrected chi connectivity index (χ0v) is 12.7. The molecule has 22 heavy (non-hydrogen) atoms. The second-order valence-electron chi connectivity index (χ2n) is 5.73. The first kappa shape index (κ1) is 12.3. The number of nitrogens with zero attached hydrogens (tertiary/aromatic N) is 1. The first-order chi connectivity index (χ1) is 10.9. The van der Waals surface area contributed by atoms with Crippen LogP contribution in [0.5, 0.6) is 0 Å². The van der Waals surface area contributed by atoms with Crippen LogP contribution in [0.15, 0.2) is 71.7 Å². The van der Waals surface area contributed by atoms with Crippen LogP contribution in [0.25, 0.3) is 22.4 Å². The predicted molar refractivity (Wildman–Crippen MR) is 92.2 cm³/mol. The zero-order valence-electron chi connectivity index (χ0n) is 11.9. The first-order valence-electron chi connectivity index (χ1n) is 7.49. The van der Waals surface area contributed by atoms with Crippen LogP contribution in [0.1, 0.15) is 11.5 Å². The summed E-state index contributed by atoms with van der Waals surface area (Å²) >= 11 is 1.96. The second kappa shape index (κ2) is 4.62. The lowest BCUT2D eigenvalue weighted by atomic mass is 9.92. The number of thioether (sulfide) groups is 1. The summed E-state index contributed by atoms with van der Waals surface area (Å²) in [7, 11) is 0. The molecule has 1 aromatic heterocycles. The van der Waals surface area contributed by atoms with E-state index in [0.717, 1.165) is 22.4 Å². The van der Waals surface area contributed by atoms with Crippen molar-refractivity contribution >= 4 is 22.8 Å². The highest BCUT2D eigenvalue weighted by Gasteiger charge is 2.31. The number of fused-ring (bicyclic) bond motifs is 4. The van der Waals surface area contributed by atoms with Crippen LogP contribution in [0, 0.1) is 0 Å². The van der Waals surface area contributed by atoms with Gasteiger partial charge in [0.1, 0.15) is 5.82 Å². The van der Waals surface area contributed by atoms with E-state index in [0.29, 0.717) is 11.2 Å². The number of aromatic nitrogens is 2. The van der Waals surface area contributed by atoms with Crippen LogP contribution in [0.2, 0.25) is 0 Å². The number of hydrogen-bond donors (Lipinski definition) is 1. The van der Waals surface area contributed by atoms with Crippen molar-refractivity contribution in [3.05, 3.63) is 72.3 Å². The molecule has 2 unspecified atom stereocenters. The molecule has 106 valence electrons. The first-order valence-corrected chi connectivity index (χ1v) is 8.37. The highest BCUT2D eigenvalue weighted by atomic mass is 32.2. The molecule has 1 aliphatic heterocycles. The molecule has 2 aromatic carbocycles. The molecule has 1 aliphatic carbocycles. The lowest BCUT2D eigenvalue weighted by molar-refractivity contribution is 0.881. The lowest BCUT2D eigenvalue weighted by Crippen LogP contribution is -2.06. The van der Waals surface area contributed by atoms with E-state index < -0.39 is 0 Å². The van der Waals surface area contributed by atoms with Crippen LogP contribution in [0.3, 0.4) is 0 Å². The third-order valence-electron chi connectivity index (χ3n) is 4.38. The Bertz CT molecular complexity index is 903. The maximum absolute atomic E-state index is 4.71. The molecule has 2 aliphatic rings. The van der Waals surface area contributed by atoms with Gasteiger partial charge in [0.25, 0.3) is 0 Å². The number of imidazole rings is 1. The van der Waals surface area contributed by atoms with E-state index in [2.05, 4.69) is 53.6 Å². The van der Waals surface area contributed by atoms with Crippen molar-refractivity contribution in [2.75, 3.05) is 0 Å². The van der Waals surface area contributed by atoms with E-state index >= 15 is 0 Å². The van der Waals surface area contributed by atoms with Gasteiger partial charge in [0.05, 0.1) is 11.0 Å². The van der Waals surface area contributed by atoms with Crippen LogP contribution >= 0.6 is 11.8 Å². The van der Waals surface area contributed by atoms with Crippen LogP contribution in [-0.4, -0.2) is 15.2 Å². The van der Waals surface area contributed by atoms with Crippen molar-refractivity contribution < 1.29 is 0 Å². The Morgan fingerprint density at radius 2 is 1.91 bits per heavy atom. The highest BCUT2D eigenvalue weighted by molar-refractivity contribution is 8.00. The van der Waals surface area contributed by atoms with Gasteiger partial charge in [0, 0.05) is 21.6 Å². The van der Waals surface area contributed by atoms with Crippen molar-refractivity contribution in [3.63, 3.8) is 0 Å². The minimum absolute atomic E-state index is 0.523. The molecular formula is C19H14N2S. The molecule has 1 N–H and O–H groups in total. The van der Waals surface area contributed by atoms with Crippen LogP contribution < -0.4 is 0 Å². The highest BCUT2D eigenvalue weighted by Crippen LogP contribution is 2.48. The van der Waals surface area contributed by atoms with Gasteiger partial charge in [-0.15, -0.1) is 11.8 Å². The molecule has 0 radical (unpaired) electrons. The molecule has 2 nitrogen and oxygen atoms in total. The smallest absolute Gasteiger partial charge is 0.138 e. The van der Waals surface area contributed by atoms with Crippen molar-refractivity contribution in [2.24, 2.45) is 0 Å². The number of benzene rings is 2. The predicted octanol–water partition coefficient (Wildman–Crippen LogP) is 4.91. The summed E-state index contributed by atoms with van der Waals surface area (Å²) in [6.45, 7) is 0. The van der Waals surface area contributed by atoms with Gasteiger partial charge in [-0.25, -0.2) is 4.98 Å². The number of aromatic amines is 1. The Balaban J connectivity index is 1.60. The molecule has 0 saturated carbocycles. The monoisotopic (exact) mass is 302 g/mol. The minimum atomic E-state index is 0.523. The fourth-order valence-corrected chi connectivity index (χ4v) is 4.66. The van der Waals surface area contributed by atoms with Gasteiger partial charge in [-0.05, 0) is 23.8 Å². The average Bonchev–Trinajstić information content (AvgIpc) is 3.15. The molecule has 5 rings (SSSR count). The molecule has 3 aromatic rings. The zero-order chi connectivity index (χ0) is 14.5. The van der Waals surface area contributed by atoms with Gasteiger partial charge < -0.3 is 4.98 Å². The summed E-state index contributed by atoms with van der Waals surface area (Å²) < 4.78 is 0. The lowest BCUT2D eigenvalue weighted by Gasteiger charge is -2.14. The molecule has 2 heterocycles. The van der Waals surface area contributed by atoms with Crippen molar-refractivity contribution in [2.45, 2.75) is 16.1 Å². The Morgan fingerprint density at radius 3 is 2.86 bits per heavy atom. The average molecular weight is 302 g/mol. The Kier molecular flexibility index (Phi) is 2.58. The quantitative estimate of drug-likeness (QED) is 0.691. The van der Waals surface area contributed by atoms with E-state index in [1.54, 1.807) is 0 Å². The van der Waals surface area contributed by atoms with Gasteiger partial charge in [-0.3, -0.25) is 0 Å². The number of H-pyrrole nitrogens is 1. The Hall–Kier alpha value is -2.26. The summed E-state index contributed by atoms with van der Waals surface area (Å²) in [6, 6.07) is 14.9. The number of nitrogens with one attached hydrogen (secondary N) is 1. The van der Waals surface area contributed by atoms with E-state index in [1.165, 1.54) is 10.5 Å². The molecule has 0 amide bonds. The number of allylic oxidation sites excluding steroid dienone is 3. The molecular weight excluding hydrogens is 288 g/mol. The molecule has 0 saturated heterocycles. The van der Waals surface area contributed by atoms with Crippen LogP contribution in [-0.2, 0) is 0 Å². The van der Waals surface area contributed by atoms with E-state index in [4.69, 9.17) is 4.98 Å². The standard InChI is InChI=1S/C19H14N2S/c1-4-8-17-13(5-1)14-10-9-12(11-18(14)22-17)19-20-15-6-2-3-7-16(15)21-19/h1-11,13,17H,(H,20,21). The summed E-state index contributed by atoms with van der Waals surface area (Å²) in [5.41, 5.74) is 4.71. The minimum Gasteiger partial charge on any atom is -0.338 e. The third kappa shape index (κ3) is 1.79. The van der Waals surface area contributed by atoms with Gasteiger partial charge in [-0.1, -0.05) is 48.6 Å². The van der Waals surface area contributed by atoms with Crippen molar-refractivity contribution in [3.8, 4) is 11.4 Å².